The lowest BCUT2D eigenvalue weighted by atomic mass is 9.88. The zero-order chi connectivity index (χ0) is 22.4. The molecule has 1 heterocycles. The van der Waals surface area contributed by atoms with Crippen molar-refractivity contribution in [1.82, 2.24) is 9.13 Å². The molecule has 31 heavy (non-hydrogen) atoms. The number of aryl methyl sites for hydroxylation is 3. The van der Waals surface area contributed by atoms with Crippen LogP contribution in [0, 0.1) is 13.8 Å². The van der Waals surface area contributed by atoms with Crippen LogP contribution in [0.25, 0.3) is 16.6 Å². The summed E-state index contributed by atoms with van der Waals surface area (Å²) in [5.41, 5.74) is 0.906. The van der Waals surface area contributed by atoms with Crippen molar-refractivity contribution < 1.29 is 14.7 Å². The number of ketones is 2. The van der Waals surface area contributed by atoms with E-state index >= 15 is 0 Å². The molecule has 0 bridgehead atoms. The molecule has 0 fully saturated rings. The number of hydrogen-bond acceptors (Lipinski definition) is 5. The molecule has 1 aromatic heterocycles. The van der Waals surface area contributed by atoms with Crippen LogP contribution in [0.5, 0.6) is 0 Å². The van der Waals surface area contributed by atoms with E-state index in [9.17, 15) is 24.3 Å². The highest BCUT2D eigenvalue weighted by molar-refractivity contribution is 6.27. The van der Waals surface area contributed by atoms with Crippen LogP contribution in [0.2, 0.25) is 0 Å². The lowest BCUT2D eigenvalue weighted by Crippen LogP contribution is -2.38. The summed E-state index contributed by atoms with van der Waals surface area (Å²) in [6.07, 6.45) is 0.974. The molecular weight excluding hydrogens is 396 g/mol. The monoisotopic (exact) mass is 418 g/mol. The Labute approximate surface area is 177 Å². The number of nitrogens with zero attached hydrogens (tertiary/aromatic N) is 2. The maximum atomic E-state index is 13.5. The van der Waals surface area contributed by atoms with Crippen molar-refractivity contribution in [3.05, 3.63) is 85.3 Å². The molecule has 0 aliphatic heterocycles. The molecule has 158 valence electrons. The summed E-state index contributed by atoms with van der Waals surface area (Å²) < 4.78 is 2.47. The molecule has 0 atom stereocenters. The molecule has 0 saturated carbocycles. The Hall–Kier alpha value is -3.74. The first-order valence-electron chi connectivity index (χ1n) is 10.1. The van der Waals surface area contributed by atoms with E-state index in [-0.39, 0.29) is 35.1 Å². The van der Waals surface area contributed by atoms with E-state index < -0.39 is 22.8 Å². The van der Waals surface area contributed by atoms with Crippen LogP contribution in [-0.4, -0.2) is 25.8 Å². The van der Waals surface area contributed by atoms with E-state index in [2.05, 4.69) is 0 Å². The Morgan fingerprint density at radius 2 is 1.71 bits per heavy atom. The average Bonchev–Trinajstić information content (AvgIpc) is 2.73. The number of aromatic nitrogens is 2. The zero-order valence-electron chi connectivity index (χ0n) is 17.6. The van der Waals surface area contributed by atoms with Gasteiger partial charge >= 0.3 is 5.69 Å². The molecule has 1 aliphatic carbocycles. The number of aliphatic hydroxyl groups is 1. The molecule has 1 N–H and O–H groups in total. The quantitative estimate of drug-likeness (QED) is 0.521. The Bertz CT molecular complexity index is 1420. The van der Waals surface area contributed by atoms with Gasteiger partial charge in [0.15, 0.2) is 11.6 Å². The van der Waals surface area contributed by atoms with Crippen molar-refractivity contribution in [1.29, 1.82) is 0 Å². The SMILES string of the molecule is Cc1ccccc1-n1c(=O)c2c(C)c(C(=O)C3=C(O)CCCC3=O)ccc2n(C)c1=O. The number of para-hydroxylation sites is 1. The highest BCUT2D eigenvalue weighted by Crippen LogP contribution is 2.27. The summed E-state index contributed by atoms with van der Waals surface area (Å²) in [4.78, 5) is 51.9. The van der Waals surface area contributed by atoms with Crippen LogP contribution in [0.1, 0.15) is 40.7 Å². The van der Waals surface area contributed by atoms with Crippen LogP contribution in [0.3, 0.4) is 0 Å². The number of carbonyl (C=O) groups excluding carboxylic acids is 2. The number of aliphatic hydroxyl groups excluding tert-OH is 1. The minimum Gasteiger partial charge on any atom is -0.511 e. The van der Waals surface area contributed by atoms with Gasteiger partial charge in [0.1, 0.15) is 11.3 Å². The largest absolute Gasteiger partial charge is 0.511 e. The summed E-state index contributed by atoms with van der Waals surface area (Å²) in [7, 11) is 1.57. The second-order valence-electron chi connectivity index (χ2n) is 7.83. The van der Waals surface area contributed by atoms with Crippen molar-refractivity contribution >= 4 is 22.5 Å². The van der Waals surface area contributed by atoms with Crippen molar-refractivity contribution in [2.24, 2.45) is 7.05 Å². The molecule has 7 heteroatoms. The average molecular weight is 418 g/mol. The van der Waals surface area contributed by atoms with Gasteiger partial charge in [-0.15, -0.1) is 0 Å². The first kappa shape index (κ1) is 20.5. The van der Waals surface area contributed by atoms with Crippen LogP contribution >= 0.6 is 0 Å². The Morgan fingerprint density at radius 3 is 2.39 bits per heavy atom. The van der Waals surface area contributed by atoms with Crippen molar-refractivity contribution in [2.45, 2.75) is 33.1 Å². The number of hydrogen-bond donors (Lipinski definition) is 1. The zero-order valence-corrected chi connectivity index (χ0v) is 17.6. The number of carbonyl (C=O) groups is 2. The van der Waals surface area contributed by atoms with E-state index in [0.29, 0.717) is 23.2 Å². The minimum atomic E-state index is -0.600. The second-order valence-corrected chi connectivity index (χ2v) is 7.83. The van der Waals surface area contributed by atoms with E-state index in [1.54, 1.807) is 26.1 Å². The third-order valence-electron chi connectivity index (χ3n) is 5.91. The predicted molar refractivity (Wildman–Crippen MR) is 117 cm³/mol. The van der Waals surface area contributed by atoms with E-state index in [1.807, 2.05) is 19.1 Å². The molecule has 0 unspecified atom stereocenters. The standard InChI is InChI=1S/C24H22N2O5/c1-13-7-4-5-8-16(13)26-23(30)20-14(2)15(11-12-17(20)25(3)24(26)31)22(29)21-18(27)9-6-10-19(21)28/h4-5,7-8,11-12,27H,6,9-10H2,1-3H3. The summed E-state index contributed by atoms with van der Waals surface area (Å²) in [5.74, 6) is -1.21. The maximum absolute atomic E-state index is 13.5. The number of Topliss-reactive ketones (excluding diaryl/α,β-unsaturated/α-hetero) is 2. The van der Waals surface area contributed by atoms with Gasteiger partial charge in [0, 0.05) is 25.5 Å². The summed E-state index contributed by atoms with van der Waals surface area (Å²) in [6.45, 7) is 3.43. The molecule has 0 spiro atoms. The first-order valence-corrected chi connectivity index (χ1v) is 10.1. The molecule has 2 aromatic carbocycles. The van der Waals surface area contributed by atoms with Crippen LogP contribution in [0.15, 0.2) is 57.3 Å². The number of allylic oxidation sites excluding steroid dienone is 2. The highest BCUT2D eigenvalue weighted by atomic mass is 16.3. The first-order chi connectivity index (χ1) is 14.7. The van der Waals surface area contributed by atoms with Gasteiger partial charge in [-0.25, -0.2) is 9.36 Å². The molecule has 3 aromatic rings. The smallest absolute Gasteiger partial charge is 0.335 e. The number of fused-ring (bicyclic) bond motifs is 1. The van der Waals surface area contributed by atoms with Crippen LogP contribution < -0.4 is 11.2 Å². The summed E-state index contributed by atoms with van der Waals surface area (Å²) >= 11 is 0. The molecule has 7 nitrogen and oxygen atoms in total. The third kappa shape index (κ3) is 3.13. The lowest BCUT2D eigenvalue weighted by Gasteiger charge is -2.17. The topological polar surface area (TPSA) is 98.4 Å². The van der Waals surface area contributed by atoms with Gasteiger partial charge in [-0.1, -0.05) is 18.2 Å². The van der Waals surface area contributed by atoms with E-state index in [1.165, 1.54) is 16.7 Å². The fraction of sp³-hybridized carbons (Fsp3) is 0.250. The highest BCUT2D eigenvalue weighted by Gasteiger charge is 2.29. The molecule has 1 aliphatic rings. The fourth-order valence-electron chi connectivity index (χ4n) is 4.19. The van der Waals surface area contributed by atoms with Gasteiger partial charge < -0.3 is 5.11 Å². The van der Waals surface area contributed by atoms with Gasteiger partial charge in [0.05, 0.1) is 16.6 Å². The Morgan fingerprint density at radius 1 is 1.00 bits per heavy atom. The van der Waals surface area contributed by atoms with Crippen LogP contribution in [0.4, 0.5) is 0 Å². The van der Waals surface area contributed by atoms with Crippen molar-refractivity contribution in [2.75, 3.05) is 0 Å². The third-order valence-corrected chi connectivity index (χ3v) is 5.91. The number of rotatable bonds is 3. The molecule has 4 rings (SSSR count). The van der Waals surface area contributed by atoms with Gasteiger partial charge in [-0.05, 0) is 49.6 Å². The van der Waals surface area contributed by atoms with Gasteiger partial charge in [-0.3, -0.25) is 19.0 Å². The molecule has 0 radical (unpaired) electrons. The van der Waals surface area contributed by atoms with Crippen LogP contribution in [-0.2, 0) is 11.8 Å². The second kappa shape index (κ2) is 7.50. The molecular formula is C24H22N2O5. The molecule has 0 amide bonds. The summed E-state index contributed by atoms with van der Waals surface area (Å²) in [5, 5.41) is 10.4. The predicted octanol–water partition coefficient (Wildman–Crippen LogP) is 3.05. The minimum absolute atomic E-state index is 0.163. The van der Waals surface area contributed by atoms with Crippen molar-refractivity contribution in [3.8, 4) is 5.69 Å². The normalized spacial score (nSPS) is 14.4. The lowest BCUT2D eigenvalue weighted by molar-refractivity contribution is -0.116. The molecule has 0 saturated heterocycles. The Kier molecular flexibility index (Phi) is 4.97. The Balaban J connectivity index is 2.04. The number of benzene rings is 2. The summed E-state index contributed by atoms with van der Waals surface area (Å²) in [6, 6.07) is 10.1. The van der Waals surface area contributed by atoms with E-state index in [4.69, 9.17) is 0 Å². The van der Waals surface area contributed by atoms with Gasteiger partial charge in [0.2, 0.25) is 0 Å². The van der Waals surface area contributed by atoms with Gasteiger partial charge in [-0.2, -0.15) is 0 Å². The van der Waals surface area contributed by atoms with Gasteiger partial charge in [0.25, 0.3) is 5.56 Å². The van der Waals surface area contributed by atoms with E-state index in [0.717, 1.165) is 10.1 Å². The fourth-order valence-corrected chi connectivity index (χ4v) is 4.19. The van der Waals surface area contributed by atoms with Crippen molar-refractivity contribution in [3.63, 3.8) is 0 Å². The maximum Gasteiger partial charge on any atom is 0.335 e.